The summed E-state index contributed by atoms with van der Waals surface area (Å²) in [6, 6.07) is 0. The Hall–Kier alpha value is 0.800. The van der Waals surface area contributed by atoms with E-state index < -0.39 is 5.69 Å². The Balaban J connectivity index is -0.000000167. The topological polar surface area (TPSA) is 96.0 Å². The largest absolute Gasteiger partial charge is 0.850 e. The molecule has 8 heteroatoms. The molecule has 0 bridgehead atoms. The Labute approximate surface area is 213 Å². The molecule has 0 saturated carbocycles. The van der Waals surface area contributed by atoms with Crippen molar-refractivity contribution in [2.75, 3.05) is 39.3 Å². The fraction of sp³-hybridized carbons (Fsp3) is 1.00. The number of unbranched alkanes of at least 4 members (excludes halogenated alkanes) is 6. The fourth-order valence-corrected chi connectivity index (χ4v) is 2.52. The lowest BCUT2D eigenvalue weighted by Crippen LogP contribution is -2.84. The standard InChI is InChI=1S/3C8H19N.H3O2PS2/c3*1-3-5-7-9-8-6-4-2;1-3(2,4)5/h3*9H,3-8H2,1-2H3;(H3,1,2,4,5). The van der Waals surface area contributed by atoms with Crippen molar-refractivity contribution in [2.45, 2.75) is 119 Å². The maximum atomic E-state index is 9.29. The van der Waals surface area contributed by atoms with Crippen LogP contribution in [0.5, 0.6) is 0 Å². The average molecular weight is 518 g/mol. The van der Waals surface area contributed by atoms with E-state index in [1.54, 1.807) is 0 Å². The number of quaternary nitrogens is 3. The molecule has 0 fully saturated rings. The Morgan fingerprint density at radius 1 is 0.500 bits per heavy atom. The predicted octanol–water partition coefficient (Wildman–Crippen LogP) is 1.93. The quantitative estimate of drug-likeness (QED) is 0.147. The first-order chi connectivity index (χ1) is 15.2. The molecule has 6 N–H and O–H groups in total. The third-order valence-electron chi connectivity index (χ3n) is 4.57. The van der Waals surface area contributed by atoms with E-state index in [2.05, 4.69) is 81.5 Å². The monoisotopic (exact) mass is 517 g/mol. The van der Waals surface area contributed by atoms with Crippen molar-refractivity contribution >= 4 is 29.7 Å². The van der Waals surface area contributed by atoms with Crippen molar-refractivity contribution in [2.24, 2.45) is 0 Å². The number of hydrogen-bond donors (Lipinski definition) is 3. The molecule has 0 aliphatic rings. The van der Waals surface area contributed by atoms with Gasteiger partial charge in [-0.2, -0.15) is 11.8 Å². The third kappa shape index (κ3) is 77.4. The Morgan fingerprint density at radius 2 is 0.625 bits per heavy atom. The number of hydrogen-bond acceptors (Lipinski definition) is 4. The van der Waals surface area contributed by atoms with Gasteiger partial charge in [-0.05, 0) is 38.5 Å². The number of nitrogens with two attached hydrogens (primary N) is 3. The SMILES string of the molecule is CCCC[NH2+]CCCC.CCCC[NH2+]CCCC.CCCC[NH2+]CCCC.[O-]P([O-])(=S)[S-]. The molecule has 0 heterocycles. The van der Waals surface area contributed by atoms with Gasteiger partial charge in [0.2, 0.25) is 0 Å². The van der Waals surface area contributed by atoms with E-state index in [0.717, 1.165) is 0 Å². The summed E-state index contributed by atoms with van der Waals surface area (Å²) in [5.74, 6) is 0. The summed E-state index contributed by atoms with van der Waals surface area (Å²) in [6.07, 6.45) is 16.3. The first-order valence-electron chi connectivity index (χ1n) is 13.4. The van der Waals surface area contributed by atoms with Crippen LogP contribution in [0.25, 0.3) is 0 Å². The summed E-state index contributed by atoms with van der Waals surface area (Å²) in [5.41, 5.74) is -3.72. The van der Waals surface area contributed by atoms with Crippen LogP contribution in [-0.2, 0) is 24.1 Å². The van der Waals surface area contributed by atoms with Crippen molar-refractivity contribution < 1.29 is 25.7 Å². The Morgan fingerprint density at radius 3 is 0.719 bits per heavy atom. The molecule has 0 aromatic rings. The zero-order chi connectivity index (χ0) is 25.3. The maximum absolute atomic E-state index is 9.29. The van der Waals surface area contributed by atoms with Gasteiger partial charge in [0.15, 0.2) is 0 Å². The molecular weight excluding hydrogens is 457 g/mol. The van der Waals surface area contributed by atoms with E-state index >= 15 is 0 Å². The molecule has 0 atom stereocenters. The van der Waals surface area contributed by atoms with E-state index in [1.807, 2.05) is 0 Å². The smallest absolute Gasteiger partial charge is 0.0755 e. The molecule has 0 saturated heterocycles. The molecule has 0 rings (SSSR count). The number of rotatable bonds is 18. The van der Waals surface area contributed by atoms with Crippen molar-refractivity contribution in [3.05, 3.63) is 0 Å². The molecule has 0 aromatic heterocycles. The molecule has 0 spiro atoms. The first-order valence-corrected chi connectivity index (χ1v) is 17.1. The second kappa shape index (κ2) is 39.0. The van der Waals surface area contributed by atoms with Crippen molar-refractivity contribution in [1.82, 2.24) is 0 Å². The van der Waals surface area contributed by atoms with Gasteiger partial charge in [0.25, 0.3) is 0 Å². The van der Waals surface area contributed by atoms with Gasteiger partial charge >= 0.3 is 0 Å². The summed E-state index contributed by atoms with van der Waals surface area (Å²) in [4.78, 5) is 18.6. The molecule has 0 unspecified atom stereocenters. The third-order valence-corrected chi connectivity index (χ3v) is 4.57. The van der Waals surface area contributed by atoms with Crippen LogP contribution >= 0.6 is 5.69 Å². The lowest BCUT2D eigenvalue weighted by Gasteiger charge is -2.44. The molecule has 200 valence electrons. The minimum absolute atomic E-state index is 1.33. The van der Waals surface area contributed by atoms with Gasteiger partial charge in [0, 0.05) is 0 Å². The van der Waals surface area contributed by atoms with Crippen molar-refractivity contribution in [1.29, 1.82) is 0 Å². The van der Waals surface area contributed by atoms with Crippen LogP contribution in [0.2, 0.25) is 0 Å². The summed E-state index contributed by atoms with van der Waals surface area (Å²) in [6.45, 7) is 21.4. The van der Waals surface area contributed by atoms with Crippen LogP contribution in [0.15, 0.2) is 0 Å². The minimum atomic E-state index is -3.72. The van der Waals surface area contributed by atoms with E-state index in [4.69, 9.17) is 0 Å². The zero-order valence-corrected chi connectivity index (χ0v) is 25.1. The molecule has 0 aliphatic heterocycles. The van der Waals surface area contributed by atoms with E-state index in [1.165, 1.54) is 116 Å². The second-order valence-corrected chi connectivity index (χ2v) is 12.6. The van der Waals surface area contributed by atoms with Crippen LogP contribution < -0.4 is 25.7 Å². The van der Waals surface area contributed by atoms with Gasteiger partial charge in [-0.3, -0.25) is 0 Å². The average Bonchev–Trinajstić information content (AvgIpc) is 2.73. The maximum Gasteiger partial charge on any atom is 0.0755 e. The molecule has 0 aliphatic carbocycles. The Kier molecular flexibility index (Phi) is 48.8. The van der Waals surface area contributed by atoms with E-state index in [-0.39, 0.29) is 0 Å². The van der Waals surface area contributed by atoms with E-state index in [0.29, 0.717) is 0 Å². The first kappa shape index (κ1) is 40.0. The van der Waals surface area contributed by atoms with Gasteiger partial charge in [-0.25, -0.2) is 0 Å². The highest BCUT2D eigenvalue weighted by molar-refractivity contribution is 8.49. The summed E-state index contributed by atoms with van der Waals surface area (Å²) >= 11 is 7.28. The van der Waals surface area contributed by atoms with Crippen LogP contribution in [0.1, 0.15) is 119 Å². The lowest BCUT2D eigenvalue weighted by molar-refractivity contribution is -0.655. The molecule has 0 amide bonds. The van der Waals surface area contributed by atoms with Crippen LogP contribution in [0.4, 0.5) is 0 Å². The van der Waals surface area contributed by atoms with Crippen LogP contribution in [-0.4, -0.2) is 39.3 Å². The van der Waals surface area contributed by atoms with Crippen LogP contribution in [0.3, 0.4) is 0 Å². The summed E-state index contributed by atoms with van der Waals surface area (Å²) in [7, 11) is 0. The normalized spacial score (nSPS) is 10.3. The van der Waals surface area contributed by atoms with Gasteiger partial charge < -0.3 is 43.7 Å². The van der Waals surface area contributed by atoms with Gasteiger partial charge in [0.1, 0.15) is 0 Å². The predicted molar refractivity (Wildman–Crippen MR) is 146 cm³/mol. The minimum Gasteiger partial charge on any atom is -0.850 e. The molecule has 32 heavy (non-hydrogen) atoms. The molecule has 0 aromatic carbocycles. The van der Waals surface area contributed by atoms with E-state index in [9.17, 15) is 9.79 Å². The highest BCUT2D eigenvalue weighted by Crippen LogP contribution is 2.16. The summed E-state index contributed by atoms with van der Waals surface area (Å²) < 4.78 is 0. The van der Waals surface area contributed by atoms with Gasteiger partial charge in [-0.15, -0.1) is 0 Å². The molecule has 0 radical (unpaired) electrons. The fourth-order valence-electron chi connectivity index (χ4n) is 2.52. The lowest BCUT2D eigenvalue weighted by atomic mass is 10.3. The highest BCUT2D eigenvalue weighted by Gasteiger charge is 1.88. The molecular formula is C24H60N3O2PS2. The highest BCUT2D eigenvalue weighted by atomic mass is 32.9. The van der Waals surface area contributed by atoms with Gasteiger partial charge in [0.05, 0.1) is 39.3 Å². The zero-order valence-electron chi connectivity index (χ0n) is 22.5. The summed E-state index contributed by atoms with van der Waals surface area (Å²) in [5, 5.41) is 7.27. The van der Waals surface area contributed by atoms with Gasteiger partial charge in [-0.1, -0.05) is 80.1 Å². The second-order valence-electron chi connectivity index (χ2n) is 8.17. The van der Waals surface area contributed by atoms with Crippen LogP contribution in [0, 0.1) is 0 Å². The molecule has 5 nitrogen and oxygen atoms in total. The van der Waals surface area contributed by atoms with Crippen molar-refractivity contribution in [3.8, 4) is 0 Å². The Bertz CT molecular complexity index is 277. The van der Waals surface area contributed by atoms with Crippen molar-refractivity contribution in [3.63, 3.8) is 0 Å².